The molecule has 12 rings (SSSR count). The molecule has 0 fully saturated rings. The fraction of sp³-hybridized carbons (Fsp3) is 0.0625. The highest BCUT2D eigenvalue weighted by molar-refractivity contribution is 6.07. The predicted octanol–water partition coefficient (Wildman–Crippen LogP) is 16.8. The van der Waals surface area contributed by atoms with Gasteiger partial charge in [-0.2, -0.15) is 0 Å². The van der Waals surface area contributed by atoms with E-state index in [0.717, 1.165) is 11.4 Å². The van der Waals surface area contributed by atoms with Gasteiger partial charge in [-0.15, -0.1) is 0 Å². The van der Waals surface area contributed by atoms with Gasteiger partial charge in [0.25, 0.3) is 0 Å². The molecule has 65 heavy (non-hydrogen) atoms. The van der Waals surface area contributed by atoms with Gasteiger partial charge in [-0.25, -0.2) is 0 Å². The van der Waals surface area contributed by atoms with Crippen LogP contribution in [0, 0.1) is 0 Å². The Morgan fingerprint density at radius 3 is 1.26 bits per heavy atom. The smallest absolute Gasteiger partial charge is 0.0714 e. The molecule has 2 aliphatic rings. The molecule has 0 saturated heterocycles. The van der Waals surface area contributed by atoms with E-state index in [4.69, 9.17) is 0 Å². The highest BCUT2D eigenvalue weighted by Gasteiger charge is 2.51. The first kappa shape index (κ1) is 38.7. The zero-order valence-electron chi connectivity index (χ0n) is 36.6. The summed E-state index contributed by atoms with van der Waals surface area (Å²) in [5.41, 5.74) is 22.8. The van der Waals surface area contributed by atoms with Crippen molar-refractivity contribution in [2.24, 2.45) is 0 Å². The molecule has 0 aromatic heterocycles. The molecule has 0 unspecified atom stereocenters. The van der Waals surface area contributed by atoms with Crippen LogP contribution in [0.5, 0.6) is 0 Å². The molecule has 0 aliphatic heterocycles. The van der Waals surface area contributed by atoms with E-state index in [0.29, 0.717) is 0 Å². The first-order valence-corrected chi connectivity index (χ1v) is 22.8. The maximum absolute atomic E-state index is 2.60. The molecule has 0 amide bonds. The molecule has 0 heterocycles. The van der Waals surface area contributed by atoms with E-state index >= 15 is 0 Å². The van der Waals surface area contributed by atoms with Crippen molar-refractivity contribution in [2.45, 2.75) is 24.7 Å². The number of para-hydroxylation sites is 1. The maximum Gasteiger partial charge on any atom is 0.0714 e. The number of rotatable bonds is 8. The van der Waals surface area contributed by atoms with Crippen molar-refractivity contribution in [3.8, 4) is 55.6 Å². The Kier molecular flexibility index (Phi) is 9.14. The van der Waals surface area contributed by atoms with Gasteiger partial charge in [-0.1, -0.05) is 232 Å². The van der Waals surface area contributed by atoms with Gasteiger partial charge >= 0.3 is 0 Å². The third-order valence-corrected chi connectivity index (χ3v) is 14.2. The van der Waals surface area contributed by atoms with Crippen LogP contribution in [0.3, 0.4) is 0 Å². The maximum atomic E-state index is 2.60. The average Bonchev–Trinajstić information content (AvgIpc) is 3.80. The highest BCUT2D eigenvalue weighted by Crippen LogP contribution is 2.65. The first-order chi connectivity index (χ1) is 32.0. The SMILES string of the molecule is CC1(C)c2cc(-c3ccccc3)ccc2-c2c1cc1c(c2N(c2ccccc2)c2ccc(-c3ccc(-c4ccccc4)cc3)cc2)-c2ccccc2C1(c1ccccc1)c1ccccc1. The van der Waals surface area contributed by atoms with Crippen molar-refractivity contribution < 1.29 is 0 Å². The summed E-state index contributed by atoms with van der Waals surface area (Å²) in [4.78, 5) is 2.55. The highest BCUT2D eigenvalue weighted by atomic mass is 15.1. The van der Waals surface area contributed by atoms with Crippen molar-refractivity contribution in [1.29, 1.82) is 0 Å². The van der Waals surface area contributed by atoms with Crippen LogP contribution < -0.4 is 4.90 Å². The van der Waals surface area contributed by atoms with E-state index in [1.807, 2.05) is 0 Å². The Morgan fingerprint density at radius 1 is 0.292 bits per heavy atom. The zero-order chi connectivity index (χ0) is 43.5. The van der Waals surface area contributed by atoms with Gasteiger partial charge in [0.15, 0.2) is 0 Å². The van der Waals surface area contributed by atoms with Gasteiger partial charge in [0.1, 0.15) is 0 Å². The summed E-state index contributed by atoms with van der Waals surface area (Å²) in [6, 6.07) is 92.0. The molecule has 1 nitrogen and oxygen atoms in total. The van der Waals surface area contributed by atoms with Crippen molar-refractivity contribution in [1.82, 2.24) is 0 Å². The van der Waals surface area contributed by atoms with E-state index in [-0.39, 0.29) is 5.41 Å². The van der Waals surface area contributed by atoms with Crippen molar-refractivity contribution >= 4 is 17.1 Å². The Hall–Kier alpha value is -8.00. The topological polar surface area (TPSA) is 3.24 Å². The minimum Gasteiger partial charge on any atom is -0.309 e. The number of benzene rings is 10. The van der Waals surface area contributed by atoms with Gasteiger partial charge in [-0.05, 0) is 108 Å². The lowest BCUT2D eigenvalue weighted by atomic mass is 9.66. The van der Waals surface area contributed by atoms with Crippen LogP contribution in [0.2, 0.25) is 0 Å². The van der Waals surface area contributed by atoms with Gasteiger partial charge in [0, 0.05) is 27.9 Å². The summed E-state index contributed by atoms with van der Waals surface area (Å²) >= 11 is 0. The minimum atomic E-state index is -0.573. The van der Waals surface area contributed by atoms with Crippen LogP contribution in [0.25, 0.3) is 55.6 Å². The second kappa shape index (κ2) is 15.4. The molecule has 10 aromatic carbocycles. The van der Waals surface area contributed by atoms with E-state index in [9.17, 15) is 0 Å². The molecule has 2 aliphatic carbocycles. The lowest BCUT2D eigenvalue weighted by molar-refractivity contribution is 0.656. The second-order valence-electron chi connectivity index (χ2n) is 18.0. The number of hydrogen-bond donors (Lipinski definition) is 0. The van der Waals surface area contributed by atoms with Crippen molar-refractivity contribution in [2.75, 3.05) is 4.90 Å². The summed E-state index contributed by atoms with van der Waals surface area (Å²) in [7, 11) is 0. The molecular weight excluding hydrogens is 783 g/mol. The molecule has 0 radical (unpaired) electrons. The third kappa shape index (κ3) is 6.07. The van der Waals surface area contributed by atoms with Gasteiger partial charge in [0.05, 0.1) is 11.1 Å². The summed E-state index contributed by atoms with van der Waals surface area (Å²) in [6.07, 6.45) is 0. The Balaban J connectivity index is 1.15. The number of anilines is 3. The van der Waals surface area contributed by atoms with Crippen LogP contribution in [0.4, 0.5) is 17.1 Å². The number of hydrogen-bond acceptors (Lipinski definition) is 1. The Morgan fingerprint density at radius 2 is 0.692 bits per heavy atom. The van der Waals surface area contributed by atoms with E-state index < -0.39 is 5.41 Å². The van der Waals surface area contributed by atoms with E-state index in [1.165, 1.54) is 94.7 Å². The van der Waals surface area contributed by atoms with Gasteiger partial charge in [0.2, 0.25) is 0 Å². The monoisotopic (exact) mass is 829 g/mol. The molecule has 0 bridgehead atoms. The van der Waals surface area contributed by atoms with Crippen LogP contribution in [-0.4, -0.2) is 0 Å². The fourth-order valence-electron chi connectivity index (χ4n) is 11.1. The molecule has 0 saturated carbocycles. The Labute approximate surface area is 382 Å². The average molecular weight is 830 g/mol. The predicted molar refractivity (Wildman–Crippen MR) is 272 cm³/mol. The first-order valence-electron chi connectivity index (χ1n) is 22.8. The second-order valence-corrected chi connectivity index (χ2v) is 18.0. The largest absolute Gasteiger partial charge is 0.309 e. The van der Waals surface area contributed by atoms with Crippen molar-refractivity contribution in [3.63, 3.8) is 0 Å². The molecule has 0 atom stereocenters. The van der Waals surface area contributed by atoms with Crippen LogP contribution >= 0.6 is 0 Å². The molecule has 308 valence electrons. The summed E-state index contributed by atoms with van der Waals surface area (Å²) in [5, 5.41) is 0. The molecule has 0 N–H and O–H groups in total. The van der Waals surface area contributed by atoms with Crippen LogP contribution in [0.1, 0.15) is 47.2 Å². The van der Waals surface area contributed by atoms with E-state index in [1.54, 1.807) is 0 Å². The van der Waals surface area contributed by atoms with Gasteiger partial charge in [-0.3, -0.25) is 0 Å². The normalized spacial score (nSPS) is 13.6. The third-order valence-electron chi connectivity index (χ3n) is 14.2. The Bertz CT molecular complexity index is 3300. The lowest BCUT2D eigenvalue weighted by Gasteiger charge is -2.36. The van der Waals surface area contributed by atoms with Crippen LogP contribution in [0.15, 0.2) is 249 Å². The van der Waals surface area contributed by atoms with Crippen molar-refractivity contribution in [3.05, 3.63) is 282 Å². The molecular formula is C64H47N. The molecule has 0 spiro atoms. The summed E-state index contributed by atoms with van der Waals surface area (Å²) < 4.78 is 0. The molecule has 1 heteroatoms. The molecule has 10 aromatic rings. The quantitative estimate of drug-likeness (QED) is 0.147. The summed E-state index contributed by atoms with van der Waals surface area (Å²) in [6.45, 7) is 4.87. The van der Waals surface area contributed by atoms with Crippen LogP contribution in [-0.2, 0) is 10.8 Å². The fourth-order valence-corrected chi connectivity index (χ4v) is 11.1. The minimum absolute atomic E-state index is 0.314. The lowest BCUT2D eigenvalue weighted by Crippen LogP contribution is -2.29. The zero-order valence-corrected chi connectivity index (χ0v) is 36.6. The number of fused-ring (bicyclic) bond motifs is 6. The van der Waals surface area contributed by atoms with Gasteiger partial charge < -0.3 is 4.90 Å². The standard InChI is InChI=1S/C64H47N/c1-63(2)57-42-49(45-22-10-4-11-23-45)38-41-55(57)60-58(63)43-59-61(54-30-18-19-31-56(54)64(59,50-24-12-5-13-25-50)51-26-14-6-15-27-51)62(60)65(52-28-16-7-17-29-52)53-39-36-48(37-40-53)47-34-32-46(33-35-47)44-20-8-3-9-21-44/h3-43H,1-2H3. The van der Waals surface area contributed by atoms with E-state index in [2.05, 4.69) is 267 Å². The number of nitrogens with zero attached hydrogens (tertiary/aromatic N) is 1. The summed E-state index contributed by atoms with van der Waals surface area (Å²) in [5.74, 6) is 0.